The molecule has 1 fully saturated rings. The number of nitrogens with one attached hydrogen (secondary N) is 3. The molecule has 1 aromatic heterocycles. The van der Waals surface area contributed by atoms with E-state index in [4.69, 9.17) is 4.74 Å². The lowest BCUT2D eigenvalue weighted by molar-refractivity contribution is -0.145. The number of hydrogen-bond donors (Lipinski definition) is 3. The van der Waals surface area contributed by atoms with Gasteiger partial charge in [-0.1, -0.05) is 42.5 Å². The maximum Gasteiger partial charge on any atom is 0.328 e. The van der Waals surface area contributed by atoms with Crippen LogP contribution in [0.3, 0.4) is 0 Å². The molecule has 1 saturated heterocycles. The number of esters is 1. The van der Waals surface area contributed by atoms with Gasteiger partial charge in [0, 0.05) is 19.0 Å². The third-order valence-electron chi connectivity index (χ3n) is 5.67. The number of para-hydroxylation sites is 2. The summed E-state index contributed by atoms with van der Waals surface area (Å²) in [4.78, 5) is 58.9. The van der Waals surface area contributed by atoms with Crippen LogP contribution in [-0.4, -0.2) is 58.9 Å². The molecule has 10 nitrogen and oxygen atoms in total. The molecular weight excluding hydrogens is 450 g/mol. The SMILES string of the molecule is COC(=O)[C@H](Cc1cnc2ccccc2n1)NC(=O)C[C@@H]1NC(=O)[C@H](Cc2ccccc2)NC1=O. The molecule has 1 aliphatic rings. The minimum Gasteiger partial charge on any atom is -0.467 e. The van der Waals surface area contributed by atoms with Crippen LogP contribution in [-0.2, 0) is 36.8 Å². The Morgan fingerprint density at radius 1 is 0.971 bits per heavy atom. The van der Waals surface area contributed by atoms with Gasteiger partial charge < -0.3 is 20.7 Å². The first-order valence-corrected chi connectivity index (χ1v) is 11.2. The maximum atomic E-state index is 12.7. The van der Waals surface area contributed by atoms with E-state index in [0.717, 1.165) is 5.56 Å². The quantitative estimate of drug-likeness (QED) is 0.402. The number of aromatic nitrogens is 2. The summed E-state index contributed by atoms with van der Waals surface area (Å²) < 4.78 is 4.82. The van der Waals surface area contributed by atoms with Gasteiger partial charge in [-0.3, -0.25) is 19.4 Å². The van der Waals surface area contributed by atoms with Gasteiger partial charge >= 0.3 is 5.97 Å². The van der Waals surface area contributed by atoms with Crippen molar-refractivity contribution < 1.29 is 23.9 Å². The van der Waals surface area contributed by atoms with E-state index in [1.54, 1.807) is 6.07 Å². The van der Waals surface area contributed by atoms with E-state index in [-0.39, 0.29) is 18.7 Å². The van der Waals surface area contributed by atoms with Crippen molar-refractivity contribution in [3.05, 3.63) is 72.1 Å². The van der Waals surface area contributed by atoms with Gasteiger partial charge in [0.15, 0.2) is 0 Å². The zero-order valence-corrected chi connectivity index (χ0v) is 19.1. The van der Waals surface area contributed by atoms with Crippen molar-refractivity contribution in [2.45, 2.75) is 37.4 Å². The van der Waals surface area contributed by atoms with E-state index in [2.05, 4.69) is 25.9 Å². The number of hydrogen-bond acceptors (Lipinski definition) is 7. The minimum absolute atomic E-state index is 0.0542. The average molecular weight is 476 g/mol. The molecule has 0 radical (unpaired) electrons. The Bertz CT molecular complexity index is 1250. The number of rotatable bonds is 8. The highest BCUT2D eigenvalue weighted by molar-refractivity contribution is 5.99. The number of carbonyl (C=O) groups excluding carboxylic acids is 4. The van der Waals surface area contributed by atoms with Crippen molar-refractivity contribution in [2.24, 2.45) is 0 Å². The lowest BCUT2D eigenvalue weighted by Gasteiger charge is -2.29. The molecular formula is C25H25N5O5. The standard InChI is InChI=1S/C25H25N5O5/c1-35-25(34)21(12-16-14-26-17-9-5-6-10-18(17)27-16)28-22(31)13-20-24(33)29-19(23(32)30-20)11-15-7-3-2-4-8-15/h2-10,14,19-21H,11-13H2,1H3,(H,28,31)(H,29,33)(H,30,32)/t19-,20-,21-/m0/s1. The average Bonchev–Trinajstić information content (AvgIpc) is 2.86. The first kappa shape index (κ1) is 23.8. The highest BCUT2D eigenvalue weighted by Gasteiger charge is 2.35. The summed E-state index contributed by atoms with van der Waals surface area (Å²) in [5.74, 6) is -2.08. The van der Waals surface area contributed by atoms with Crippen LogP contribution >= 0.6 is 0 Å². The fourth-order valence-electron chi connectivity index (χ4n) is 3.89. The van der Waals surface area contributed by atoms with Gasteiger partial charge in [-0.05, 0) is 17.7 Å². The van der Waals surface area contributed by atoms with Crippen molar-refractivity contribution in [3.63, 3.8) is 0 Å². The van der Waals surface area contributed by atoms with E-state index >= 15 is 0 Å². The summed E-state index contributed by atoms with van der Waals surface area (Å²) in [6.45, 7) is 0. The van der Waals surface area contributed by atoms with Gasteiger partial charge in [-0.2, -0.15) is 0 Å². The van der Waals surface area contributed by atoms with E-state index in [1.807, 2.05) is 48.5 Å². The fraction of sp³-hybridized carbons (Fsp3) is 0.280. The zero-order valence-electron chi connectivity index (χ0n) is 19.1. The second kappa shape index (κ2) is 10.7. The lowest BCUT2D eigenvalue weighted by Crippen LogP contribution is -2.63. The Labute approximate surface area is 201 Å². The molecule has 0 aliphatic carbocycles. The highest BCUT2D eigenvalue weighted by Crippen LogP contribution is 2.12. The molecule has 1 aliphatic heterocycles. The summed E-state index contributed by atoms with van der Waals surface area (Å²) in [5, 5.41) is 7.86. The number of piperazine rings is 1. The molecule has 0 spiro atoms. The smallest absolute Gasteiger partial charge is 0.328 e. The number of methoxy groups -OCH3 is 1. The lowest BCUT2D eigenvalue weighted by atomic mass is 10.0. The van der Waals surface area contributed by atoms with Crippen molar-refractivity contribution in [3.8, 4) is 0 Å². The Morgan fingerprint density at radius 2 is 1.63 bits per heavy atom. The van der Waals surface area contributed by atoms with Crippen molar-refractivity contribution >= 4 is 34.7 Å². The van der Waals surface area contributed by atoms with Crippen LogP contribution < -0.4 is 16.0 Å². The van der Waals surface area contributed by atoms with Gasteiger partial charge in [-0.25, -0.2) is 9.78 Å². The first-order chi connectivity index (χ1) is 16.9. The minimum atomic E-state index is -1.05. The summed E-state index contributed by atoms with van der Waals surface area (Å²) in [6, 6.07) is 13.8. The Kier molecular flexibility index (Phi) is 7.30. The third-order valence-corrected chi connectivity index (χ3v) is 5.67. The van der Waals surface area contributed by atoms with Crippen LogP contribution in [0.2, 0.25) is 0 Å². The number of ether oxygens (including phenoxy) is 1. The van der Waals surface area contributed by atoms with Crippen LogP contribution in [0.1, 0.15) is 17.7 Å². The molecule has 3 atom stereocenters. The van der Waals surface area contributed by atoms with Crippen molar-refractivity contribution in [1.82, 2.24) is 25.9 Å². The summed E-state index contributed by atoms with van der Waals surface area (Å²) in [7, 11) is 1.22. The Balaban J connectivity index is 1.37. The molecule has 0 unspecified atom stereocenters. The second-order valence-electron chi connectivity index (χ2n) is 8.21. The second-order valence-corrected chi connectivity index (χ2v) is 8.21. The van der Waals surface area contributed by atoms with Crippen molar-refractivity contribution in [1.29, 1.82) is 0 Å². The Morgan fingerprint density at radius 3 is 2.37 bits per heavy atom. The van der Waals surface area contributed by atoms with Crippen LogP contribution in [0.25, 0.3) is 11.0 Å². The number of nitrogens with zero attached hydrogens (tertiary/aromatic N) is 2. The van der Waals surface area contributed by atoms with Crippen LogP contribution in [0.5, 0.6) is 0 Å². The molecule has 3 aromatic rings. The molecule has 180 valence electrons. The molecule has 3 N–H and O–H groups in total. The monoisotopic (exact) mass is 475 g/mol. The van der Waals surface area contributed by atoms with E-state index < -0.39 is 35.9 Å². The van der Waals surface area contributed by atoms with Gasteiger partial charge in [-0.15, -0.1) is 0 Å². The first-order valence-electron chi connectivity index (χ1n) is 11.2. The summed E-state index contributed by atoms with van der Waals surface area (Å²) in [5.41, 5.74) is 2.76. The van der Waals surface area contributed by atoms with Gasteiger partial charge in [0.2, 0.25) is 17.7 Å². The fourth-order valence-corrected chi connectivity index (χ4v) is 3.89. The molecule has 2 aromatic carbocycles. The third kappa shape index (κ3) is 5.97. The largest absolute Gasteiger partial charge is 0.467 e. The summed E-state index contributed by atoms with van der Waals surface area (Å²) in [6.07, 6.45) is 1.60. The molecule has 35 heavy (non-hydrogen) atoms. The van der Waals surface area contributed by atoms with E-state index in [1.165, 1.54) is 13.3 Å². The summed E-state index contributed by atoms with van der Waals surface area (Å²) >= 11 is 0. The van der Waals surface area contributed by atoms with Crippen LogP contribution in [0.4, 0.5) is 0 Å². The number of carbonyl (C=O) groups is 4. The number of fused-ring (bicyclic) bond motifs is 1. The van der Waals surface area contributed by atoms with E-state index in [9.17, 15) is 19.2 Å². The normalized spacial score (nSPS) is 18.3. The predicted octanol–water partition coefficient (Wildman–Crippen LogP) is 0.446. The number of benzene rings is 2. The Hall–Kier alpha value is -4.34. The molecule has 0 saturated carbocycles. The van der Waals surface area contributed by atoms with Gasteiger partial charge in [0.1, 0.15) is 18.1 Å². The zero-order chi connectivity index (χ0) is 24.8. The molecule has 0 bridgehead atoms. The van der Waals surface area contributed by atoms with Crippen molar-refractivity contribution in [2.75, 3.05) is 7.11 Å². The molecule has 10 heteroatoms. The van der Waals surface area contributed by atoms with E-state index in [0.29, 0.717) is 23.1 Å². The predicted molar refractivity (Wildman–Crippen MR) is 126 cm³/mol. The highest BCUT2D eigenvalue weighted by atomic mass is 16.5. The maximum absolute atomic E-state index is 12.7. The topological polar surface area (TPSA) is 139 Å². The van der Waals surface area contributed by atoms with Crippen LogP contribution in [0, 0.1) is 0 Å². The molecule has 2 heterocycles. The molecule has 4 rings (SSSR count). The van der Waals surface area contributed by atoms with Gasteiger partial charge in [0.25, 0.3) is 0 Å². The molecule has 3 amide bonds. The number of amides is 3. The van der Waals surface area contributed by atoms with Gasteiger partial charge in [0.05, 0.1) is 30.3 Å². The van der Waals surface area contributed by atoms with Crippen LogP contribution in [0.15, 0.2) is 60.8 Å².